The van der Waals surface area contributed by atoms with Gasteiger partial charge in [0, 0.05) is 18.4 Å². The predicted octanol–water partition coefficient (Wildman–Crippen LogP) is 7.30. The van der Waals surface area contributed by atoms with Crippen LogP contribution in [0.4, 0.5) is 0 Å². The number of aryl methyl sites for hydroxylation is 1. The quantitative estimate of drug-likeness (QED) is 0.112. The number of hydrogen-bond donors (Lipinski definition) is 0. The lowest BCUT2D eigenvalue weighted by Gasteiger charge is -2.36. The van der Waals surface area contributed by atoms with Crippen molar-refractivity contribution in [1.82, 2.24) is 0 Å². The summed E-state index contributed by atoms with van der Waals surface area (Å²) in [5.41, 5.74) is 2.41. The van der Waals surface area contributed by atoms with Gasteiger partial charge >= 0.3 is 5.97 Å². The molecule has 0 fully saturated rings. The molecule has 4 nitrogen and oxygen atoms in total. The van der Waals surface area contributed by atoms with Crippen LogP contribution in [0.25, 0.3) is 0 Å². The van der Waals surface area contributed by atoms with E-state index in [1.165, 1.54) is 43.2 Å². The molecule has 2 aromatic carbocycles. The smallest absolute Gasteiger partial charge is 0.368 e. The van der Waals surface area contributed by atoms with E-state index in [-0.39, 0.29) is 12.0 Å². The molecule has 0 bridgehead atoms. The molecule has 0 heterocycles. The van der Waals surface area contributed by atoms with Crippen LogP contribution in [0.3, 0.4) is 0 Å². The molecule has 0 radical (unpaired) electrons. The highest BCUT2D eigenvalue weighted by Gasteiger charge is 2.36. The molecule has 2 aromatic rings. The topological polar surface area (TPSA) is 35.5 Å². The van der Waals surface area contributed by atoms with Gasteiger partial charge in [-0.3, -0.25) is 0 Å². The van der Waals surface area contributed by atoms with Crippen molar-refractivity contribution in [2.45, 2.75) is 97.4 Å². The molecule has 34 heavy (non-hydrogen) atoms. The normalized spacial score (nSPS) is 13.3. The number of carbonyl (C=O) groups excluding carboxylic acids is 1. The van der Waals surface area contributed by atoms with Crippen LogP contribution in [0.2, 0.25) is 0 Å². The van der Waals surface area contributed by atoms with E-state index in [0.29, 0.717) is 17.3 Å². The third-order valence-corrected chi connectivity index (χ3v) is 6.55. The Bertz CT molecular complexity index is 834. The largest absolute Gasteiger partial charge is 0.455 e. The number of likely N-dealkylation sites (N-methyl/N-ethyl adjacent to an activating group) is 1. The second-order valence-electron chi connectivity index (χ2n) is 9.86. The molecule has 0 saturated carbocycles. The van der Waals surface area contributed by atoms with Gasteiger partial charge in [0.2, 0.25) is 6.29 Å². The molecule has 0 aliphatic carbocycles. The maximum atomic E-state index is 13.2. The van der Waals surface area contributed by atoms with Crippen LogP contribution in [0.1, 0.15) is 83.3 Å². The summed E-state index contributed by atoms with van der Waals surface area (Å²) in [6, 6.07) is 18.2. The van der Waals surface area contributed by atoms with Gasteiger partial charge in [0.1, 0.15) is 12.3 Å². The molecule has 0 aliphatic rings. The Balaban J connectivity index is 1.98. The second-order valence-corrected chi connectivity index (χ2v) is 9.86. The van der Waals surface area contributed by atoms with E-state index in [4.69, 9.17) is 9.47 Å². The zero-order valence-corrected chi connectivity index (χ0v) is 22.1. The molecule has 2 atom stereocenters. The first-order valence-electron chi connectivity index (χ1n) is 13.2. The van der Waals surface area contributed by atoms with Gasteiger partial charge in [0.25, 0.3) is 0 Å². The minimum Gasteiger partial charge on any atom is -0.455 e. The highest BCUT2D eigenvalue weighted by atomic mass is 16.7. The van der Waals surface area contributed by atoms with Crippen LogP contribution in [0.5, 0.6) is 5.75 Å². The van der Waals surface area contributed by atoms with Crippen molar-refractivity contribution in [2.24, 2.45) is 0 Å². The van der Waals surface area contributed by atoms with Gasteiger partial charge in [-0.2, -0.15) is 0 Å². The van der Waals surface area contributed by atoms with E-state index >= 15 is 0 Å². The van der Waals surface area contributed by atoms with E-state index in [1.807, 2.05) is 37.3 Å². The lowest BCUT2D eigenvalue weighted by atomic mass is 10.0. The summed E-state index contributed by atoms with van der Waals surface area (Å²) in [5, 5.41) is 0. The molecule has 4 heteroatoms. The Labute approximate surface area is 207 Å². The third kappa shape index (κ3) is 9.13. The Hall–Kier alpha value is -2.33. The molecule has 0 spiro atoms. The Morgan fingerprint density at radius 1 is 0.824 bits per heavy atom. The lowest BCUT2D eigenvalue weighted by molar-refractivity contribution is -0.919. The van der Waals surface area contributed by atoms with Gasteiger partial charge in [-0.25, -0.2) is 4.79 Å². The van der Waals surface area contributed by atoms with Crippen LogP contribution in [0.15, 0.2) is 54.6 Å². The van der Waals surface area contributed by atoms with Crippen LogP contribution < -0.4 is 4.74 Å². The van der Waals surface area contributed by atoms with Gasteiger partial charge in [-0.15, -0.1) is 0 Å². The standard InChI is InChI=1S/C30H46NO3/c1-6-9-10-11-12-16-21-26-22-17-18-23-28(26)33-29(8-3)34-30(32)27(7-2)31(4,5)24-25-19-14-13-15-20-25/h13-15,17-20,22-23,27,29H,6-12,16,21,24H2,1-5H3/q+1. The van der Waals surface area contributed by atoms with E-state index in [9.17, 15) is 4.79 Å². The molecule has 0 aromatic heterocycles. The minimum atomic E-state index is -0.580. The number of rotatable bonds is 16. The first-order chi connectivity index (χ1) is 16.4. The molecule has 0 saturated heterocycles. The van der Waals surface area contributed by atoms with Crippen molar-refractivity contribution < 1.29 is 18.8 Å². The number of nitrogens with zero attached hydrogens (tertiary/aromatic N) is 1. The van der Waals surface area contributed by atoms with E-state index < -0.39 is 6.29 Å². The predicted molar refractivity (Wildman–Crippen MR) is 141 cm³/mol. The van der Waals surface area contributed by atoms with E-state index in [0.717, 1.165) is 25.1 Å². The summed E-state index contributed by atoms with van der Waals surface area (Å²) in [4.78, 5) is 13.2. The summed E-state index contributed by atoms with van der Waals surface area (Å²) >= 11 is 0. The highest BCUT2D eigenvalue weighted by Crippen LogP contribution is 2.24. The Morgan fingerprint density at radius 3 is 2.15 bits per heavy atom. The summed E-state index contributed by atoms with van der Waals surface area (Å²) < 4.78 is 12.7. The van der Waals surface area contributed by atoms with Crippen molar-refractivity contribution in [3.05, 3.63) is 65.7 Å². The number of hydrogen-bond acceptors (Lipinski definition) is 3. The molecule has 0 amide bonds. The molecule has 188 valence electrons. The third-order valence-electron chi connectivity index (χ3n) is 6.55. The van der Waals surface area contributed by atoms with Gasteiger partial charge in [0.15, 0.2) is 6.04 Å². The van der Waals surface area contributed by atoms with Crippen LogP contribution in [-0.4, -0.2) is 36.9 Å². The lowest BCUT2D eigenvalue weighted by Crippen LogP contribution is -2.53. The van der Waals surface area contributed by atoms with E-state index in [2.05, 4.69) is 52.2 Å². The van der Waals surface area contributed by atoms with Crippen LogP contribution in [-0.2, 0) is 22.5 Å². The molecule has 2 rings (SSSR count). The minimum absolute atomic E-state index is 0.191. The molecular formula is C30H46NO3+. The van der Waals surface area contributed by atoms with Gasteiger partial charge in [-0.05, 0) is 24.5 Å². The average molecular weight is 469 g/mol. The number of para-hydroxylation sites is 1. The number of benzene rings is 2. The number of esters is 1. The number of unbranched alkanes of at least 4 members (excludes halogenated alkanes) is 5. The van der Waals surface area contributed by atoms with Gasteiger partial charge < -0.3 is 14.0 Å². The fourth-order valence-corrected chi connectivity index (χ4v) is 4.57. The van der Waals surface area contributed by atoms with Crippen molar-refractivity contribution in [3.63, 3.8) is 0 Å². The maximum absolute atomic E-state index is 13.2. The average Bonchev–Trinajstić information content (AvgIpc) is 2.82. The zero-order valence-electron chi connectivity index (χ0n) is 22.1. The molecule has 0 N–H and O–H groups in total. The monoisotopic (exact) mass is 468 g/mol. The van der Waals surface area contributed by atoms with Crippen molar-refractivity contribution in [2.75, 3.05) is 14.1 Å². The van der Waals surface area contributed by atoms with Crippen LogP contribution in [0, 0.1) is 0 Å². The number of ether oxygens (including phenoxy) is 2. The molecule has 2 unspecified atom stereocenters. The van der Waals surface area contributed by atoms with Crippen LogP contribution >= 0.6 is 0 Å². The molecule has 0 aliphatic heterocycles. The fraction of sp³-hybridized carbons (Fsp3) is 0.567. The highest BCUT2D eigenvalue weighted by molar-refractivity contribution is 5.74. The SMILES string of the molecule is CCCCCCCCc1ccccc1OC(CC)OC(=O)C(CC)[N+](C)(C)Cc1ccccc1. The maximum Gasteiger partial charge on any atom is 0.368 e. The van der Waals surface area contributed by atoms with Gasteiger partial charge in [-0.1, -0.05) is 101 Å². The first kappa shape index (κ1) is 27.9. The Kier molecular flexibility index (Phi) is 12.2. The second kappa shape index (κ2) is 14.8. The van der Waals surface area contributed by atoms with E-state index in [1.54, 1.807) is 0 Å². The molecular weight excluding hydrogens is 422 g/mol. The van der Waals surface area contributed by atoms with Gasteiger partial charge in [0.05, 0.1) is 14.1 Å². The van der Waals surface area contributed by atoms with Crippen molar-refractivity contribution in [3.8, 4) is 5.75 Å². The number of carbonyl (C=O) groups is 1. The first-order valence-corrected chi connectivity index (χ1v) is 13.2. The zero-order chi connectivity index (χ0) is 24.8. The van der Waals surface area contributed by atoms with Crippen molar-refractivity contribution >= 4 is 5.97 Å². The summed E-state index contributed by atoms with van der Waals surface area (Å²) in [6.45, 7) is 7.07. The van der Waals surface area contributed by atoms with Crippen molar-refractivity contribution in [1.29, 1.82) is 0 Å². The number of quaternary nitrogens is 1. The summed E-state index contributed by atoms with van der Waals surface area (Å²) in [5.74, 6) is 0.644. The summed E-state index contributed by atoms with van der Waals surface area (Å²) in [6.07, 6.45) is 9.34. The summed E-state index contributed by atoms with van der Waals surface area (Å²) in [7, 11) is 4.19. The Morgan fingerprint density at radius 2 is 1.47 bits per heavy atom. The fourth-order valence-electron chi connectivity index (χ4n) is 4.57.